The SMILES string of the molecule is CN1CCC=C(c2nc3ccc(Cl)cc3n2C)C1. The summed E-state index contributed by atoms with van der Waals surface area (Å²) < 4.78 is 2.13. The Morgan fingerprint density at radius 2 is 2.11 bits per heavy atom. The van der Waals surface area contributed by atoms with E-state index >= 15 is 0 Å². The van der Waals surface area contributed by atoms with Gasteiger partial charge in [-0.15, -0.1) is 0 Å². The highest BCUT2D eigenvalue weighted by molar-refractivity contribution is 6.31. The van der Waals surface area contributed by atoms with Gasteiger partial charge in [-0.1, -0.05) is 17.7 Å². The van der Waals surface area contributed by atoms with E-state index in [9.17, 15) is 0 Å². The minimum Gasteiger partial charge on any atom is -0.327 e. The lowest BCUT2D eigenvalue weighted by Gasteiger charge is -2.22. The highest BCUT2D eigenvalue weighted by Gasteiger charge is 2.16. The largest absolute Gasteiger partial charge is 0.327 e. The molecule has 3 rings (SSSR count). The highest BCUT2D eigenvalue weighted by atomic mass is 35.5. The zero-order valence-corrected chi connectivity index (χ0v) is 11.4. The van der Waals surface area contributed by atoms with Gasteiger partial charge in [0.2, 0.25) is 0 Å². The first kappa shape index (κ1) is 11.8. The van der Waals surface area contributed by atoms with Crippen molar-refractivity contribution in [2.24, 2.45) is 7.05 Å². The number of nitrogens with zero attached hydrogens (tertiary/aromatic N) is 3. The van der Waals surface area contributed by atoms with E-state index in [0.29, 0.717) is 0 Å². The van der Waals surface area contributed by atoms with Gasteiger partial charge in [-0.3, -0.25) is 0 Å². The van der Waals surface area contributed by atoms with Crippen LogP contribution in [0.5, 0.6) is 0 Å². The molecule has 4 heteroatoms. The maximum absolute atomic E-state index is 6.04. The number of benzene rings is 1. The molecule has 2 heterocycles. The third-order valence-corrected chi connectivity index (χ3v) is 3.71. The number of aryl methyl sites for hydroxylation is 1. The van der Waals surface area contributed by atoms with Crippen LogP contribution < -0.4 is 0 Å². The lowest BCUT2D eigenvalue weighted by molar-refractivity contribution is 0.371. The normalized spacial score (nSPS) is 17.2. The molecule has 0 fully saturated rings. The van der Waals surface area contributed by atoms with Gasteiger partial charge in [-0.2, -0.15) is 0 Å². The minimum absolute atomic E-state index is 0.756. The van der Waals surface area contributed by atoms with Crippen LogP contribution in [0.4, 0.5) is 0 Å². The summed E-state index contributed by atoms with van der Waals surface area (Å²) in [6.07, 6.45) is 3.39. The first-order valence-corrected chi connectivity index (χ1v) is 6.53. The van der Waals surface area contributed by atoms with Gasteiger partial charge in [-0.25, -0.2) is 4.98 Å². The van der Waals surface area contributed by atoms with Crippen molar-refractivity contribution in [3.8, 4) is 0 Å². The van der Waals surface area contributed by atoms with Crippen LogP contribution >= 0.6 is 11.6 Å². The van der Waals surface area contributed by atoms with Crippen molar-refractivity contribution in [2.75, 3.05) is 20.1 Å². The monoisotopic (exact) mass is 261 g/mol. The molecule has 1 aromatic carbocycles. The average molecular weight is 262 g/mol. The van der Waals surface area contributed by atoms with Crippen molar-refractivity contribution in [2.45, 2.75) is 6.42 Å². The molecule has 0 N–H and O–H groups in total. The Balaban J connectivity index is 2.12. The molecule has 0 radical (unpaired) electrons. The van der Waals surface area contributed by atoms with E-state index in [4.69, 9.17) is 16.6 Å². The molecule has 1 aromatic heterocycles. The zero-order valence-electron chi connectivity index (χ0n) is 10.7. The minimum atomic E-state index is 0.756. The maximum Gasteiger partial charge on any atom is 0.137 e. The van der Waals surface area contributed by atoms with Crippen LogP contribution in [0.3, 0.4) is 0 Å². The van der Waals surface area contributed by atoms with E-state index in [1.54, 1.807) is 0 Å². The van der Waals surface area contributed by atoms with E-state index < -0.39 is 0 Å². The van der Waals surface area contributed by atoms with Gasteiger partial charge in [0.15, 0.2) is 0 Å². The van der Waals surface area contributed by atoms with Crippen LogP contribution in [0.1, 0.15) is 12.2 Å². The van der Waals surface area contributed by atoms with E-state index in [0.717, 1.165) is 41.4 Å². The van der Waals surface area contributed by atoms with Gasteiger partial charge in [0.25, 0.3) is 0 Å². The number of imidazole rings is 1. The van der Waals surface area contributed by atoms with Crippen LogP contribution in [-0.2, 0) is 7.05 Å². The summed E-state index contributed by atoms with van der Waals surface area (Å²) in [6, 6.07) is 5.84. The Kier molecular flexibility index (Phi) is 2.88. The summed E-state index contributed by atoms with van der Waals surface area (Å²) >= 11 is 6.04. The Morgan fingerprint density at radius 1 is 1.28 bits per heavy atom. The van der Waals surface area contributed by atoms with Gasteiger partial charge >= 0.3 is 0 Å². The van der Waals surface area contributed by atoms with Crippen molar-refractivity contribution in [1.82, 2.24) is 14.5 Å². The van der Waals surface area contributed by atoms with Crippen molar-refractivity contribution in [1.29, 1.82) is 0 Å². The first-order chi connectivity index (χ1) is 8.65. The quantitative estimate of drug-likeness (QED) is 0.787. The lowest BCUT2D eigenvalue weighted by Crippen LogP contribution is -2.25. The Bertz CT molecular complexity index is 627. The standard InChI is InChI=1S/C14H16ClN3/c1-17-7-3-4-10(9-17)14-16-12-6-5-11(15)8-13(12)18(14)2/h4-6,8H,3,7,9H2,1-2H3. The molecule has 2 aromatic rings. The predicted molar refractivity (Wildman–Crippen MR) is 75.8 cm³/mol. The molecule has 3 nitrogen and oxygen atoms in total. The molecule has 1 aliphatic heterocycles. The summed E-state index contributed by atoms with van der Waals surface area (Å²) in [5.74, 6) is 1.05. The van der Waals surface area contributed by atoms with E-state index in [1.807, 2.05) is 18.2 Å². The van der Waals surface area contributed by atoms with E-state index in [1.165, 1.54) is 5.57 Å². The molecule has 0 saturated heterocycles. The number of halogens is 1. The number of fused-ring (bicyclic) bond motifs is 1. The summed E-state index contributed by atoms with van der Waals surface area (Å²) in [4.78, 5) is 7.04. The van der Waals surface area contributed by atoms with Gasteiger partial charge in [0.1, 0.15) is 5.82 Å². The number of hydrogen-bond donors (Lipinski definition) is 0. The van der Waals surface area contributed by atoms with Crippen molar-refractivity contribution in [3.63, 3.8) is 0 Å². The van der Waals surface area contributed by atoms with Gasteiger partial charge in [0, 0.05) is 30.7 Å². The van der Waals surface area contributed by atoms with Crippen LogP contribution in [0.2, 0.25) is 5.02 Å². The van der Waals surface area contributed by atoms with Gasteiger partial charge in [-0.05, 0) is 31.7 Å². The van der Waals surface area contributed by atoms with Crippen molar-refractivity contribution >= 4 is 28.2 Å². The highest BCUT2D eigenvalue weighted by Crippen LogP contribution is 2.25. The van der Waals surface area contributed by atoms with Crippen molar-refractivity contribution < 1.29 is 0 Å². The molecule has 0 spiro atoms. The average Bonchev–Trinajstić information content (AvgIpc) is 2.67. The molecule has 18 heavy (non-hydrogen) atoms. The summed E-state index contributed by atoms with van der Waals surface area (Å²) in [5, 5.41) is 0.756. The molecule has 0 saturated carbocycles. The summed E-state index contributed by atoms with van der Waals surface area (Å²) in [6.45, 7) is 2.09. The smallest absolute Gasteiger partial charge is 0.137 e. The second kappa shape index (κ2) is 4.41. The number of hydrogen-bond acceptors (Lipinski definition) is 2. The molecule has 0 unspecified atom stereocenters. The number of likely N-dealkylation sites (N-methyl/N-ethyl adjacent to an activating group) is 1. The van der Waals surface area contributed by atoms with Crippen LogP contribution in [0.15, 0.2) is 24.3 Å². The number of rotatable bonds is 1. The van der Waals surface area contributed by atoms with Crippen LogP contribution in [0, 0.1) is 0 Å². The second-order valence-corrected chi connectivity index (χ2v) is 5.32. The maximum atomic E-state index is 6.04. The third-order valence-electron chi connectivity index (χ3n) is 3.47. The van der Waals surface area contributed by atoms with E-state index in [2.05, 4.69) is 29.6 Å². The first-order valence-electron chi connectivity index (χ1n) is 6.15. The van der Waals surface area contributed by atoms with Gasteiger partial charge < -0.3 is 9.47 Å². The summed E-state index contributed by atoms with van der Waals surface area (Å²) in [7, 11) is 4.20. The fourth-order valence-electron chi connectivity index (χ4n) is 2.51. The van der Waals surface area contributed by atoms with Gasteiger partial charge in [0.05, 0.1) is 11.0 Å². The Morgan fingerprint density at radius 3 is 2.89 bits per heavy atom. The third kappa shape index (κ3) is 1.93. The molecule has 0 amide bonds. The van der Waals surface area contributed by atoms with E-state index in [-0.39, 0.29) is 0 Å². The zero-order chi connectivity index (χ0) is 12.7. The molecule has 1 aliphatic rings. The second-order valence-electron chi connectivity index (χ2n) is 4.88. The predicted octanol–water partition coefficient (Wildman–Crippen LogP) is 2.95. The molecule has 0 aliphatic carbocycles. The Labute approximate surface area is 112 Å². The fraction of sp³-hybridized carbons (Fsp3) is 0.357. The van der Waals surface area contributed by atoms with Crippen molar-refractivity contribution in [3.05, 3.63) is 35.1 Å². The molecule has 0 atom stereocenters. The topological polar surface area (TPSA) is 21.1 Å². The molecule has 0 bridgehead atoms. The van der Waals surface area contributed by atoms with Crippen LogP contribution in [-0.4, -0.2) is 34.6 Å². The number of aromatic nitrogens is 2. The Hall–Kier alpha value is -1.32. The molecular weight excluding hydrogens is 246 g/mol. The lowest BCUT2D eigenvalue weighted by atomic mass is 10.1. The fourth-order valence-corrected chi connectivity index (χ4v) is 2.67. The molecular formula is C14H16ClN3. The molecule has 94 valence electrons. The van der Waals surface area contributed by atoms with Crippen LogP contribution in [0.25, 0.3) is 16.6 Å². The summed E-state index contributed by atoms with van der Waals surface area (Å²) in [5.41, 5.74) is 3.40.